The highest BCUT2D eigenvalue weighted by atomic mass is 19.3. The second-order valence-electron chi connectivity index (χ2n) is 4.30. The molecule has 1 heterocycles. The van der Waals surface area contributed by atoms with Gasteiger partial charge in [-0.3, -0.25) is 4.79 Å². The number of hydrogen-bond acceptors (Lipinski definition) is 5. The molecule has 7 nitrogen and oxygen atoms in total. The predicted molar refractivity (Wildman–Crippen MR) is 66.4 cm³/mol. The zero-order valence-electron chi connectivity index (χ0n) is 10.9. The Morgan fingerprint density at radius 3 is 2.62 bits per heavy atom. The van der Waals surface area contributed by atoms with Crippen LogP contribution in [0.3, 0.4) is 0 Å². The molecule has 2 rings (SSSR count). The Morgan fingerprint density at radius 1 is 1.33 bits per heavy atom. The van der Waals surface area contributed by atoms with Crippen LogP contribution in [-0.4, -0.2) is 35.9 Å². The van der Waals surface area contributed by atoms with Gasteiger partial charge in [-0.05, 0) is 12.1 Å². The van der Waals surface area contributed by atoms with E-state index in [4.69, 9.17) is 5.11 Å². The summed E-state index contributed by atoms with van der Waals surface area (Å²) in [5.74, 6) is -1.97. The van der Waals surface area contributed by atoms with E-state index in [-0.39, 0.29) is 18.0 Å². The first-order chi connectivity index (χ1) is 9.77. The lowest BCUT2D eigenvalue weighted by molar-refractivity contribution is -0.286. The normalized spacial score (nSPS) is 16.1. The summed E-state index contributed by atoms with van der Waals surface area (Å²) in [7, 11) is 0. The van der Waals surface area contributed by atoms with Crippen molar-refractivity contribution in [3.05, 3.63) is 18.2 Å². The Morgan fingerprint density at radius 2 is 2.00 bits per heavy atom. The van der Waals surface area contributed by atoms with Gasteiger partial charge in [0.25, 0.3) is 0 Å². The molecule has 0 fully saturated rings. The topological polar surface area (TPSA) is 96.9 Å². The van der Waals surface area contributed by atoms with Crippen LogP contribution < -0.4 is 20.1 Å². The van der Waals surface area contributed by atoms with Crippen LogP contribution in [0, 0.1) is 0 Å². The molecule has 1 amide bonds. The third-order valence-corrected chi connectivity index (χ3v) is 2.59. The molecule has 0 aromatic heterocycles. The maximum atomic E-state index is 12.8. The quantitative estimate of drug-likeness (QED) is 0.751. The number of carboxylic acid groups (broad SMARTS) is 1. The number of anilines is 1. The minimum atomic E-state index is -3.71. The fourth-order valence-electron chi connectivity index (χ4n) is 1.72. The molecular weight excluding hydrogens is 290 g/mol. The number of amides is 1. The predicted octanol–water partition coefficient (Wildman–Crippen LogP) is 1.01. The summed E-state index contributed by atoms with van der Waals surface area (Å²) in [5.41, 5.74) is 0.353. The number of nitrogens with one attached hydrogen (secondary N) is 2. The van der Waals surface area contributed by atoms with E-state index in [0.717, 1.165) is 0 Å². The molecule has 0 spiro atoms. The second kappa shape index (κ2) is 5.43. The lowest BCUT2D eigenvalue weighted by Gasteiger charge is -2.15. The van der Waals surface area contributed by atoms with Crippen molar-refractivity contribution in [3.8, 4) is 11.5 Å². The van der Waals surface area contributed by atoms with Gasteiger partial charge in [0.15, 0.2) is 11.5 Å². The van der Waals surface area contributed by atoms with Gasteiger partial charge in [0.2, 0.25) is 5.91 Å². The van der Waals surface area contributed by atoms with Gasteiger partial charge < -0.3 is 25.2 Å². The molecule has 0 saturated heterocycles. The monoisotopic (exact) mass is 302 g/mol. The van der Waals surface area contributed by atoms with Gasteiger partial charge in [0.05, 0.1) is 0 Å². The number of ether oxygens (including phenoxy) is 2. The van der Waals surface area contributed by atoms with Crippen molar-refractivity contribution >= 4 is 17.6 Å². The molecule has 21 heavy (non-hydrogen) atoms. The van der Waals surface area contributed by atoms with Crippen molar-refractivity contribution in [2.24, 2.45) is 0 Å². The Labute approximate surface area is 117 Å². The largest absolute Gasteiger partial charge is 0.586 e. The van der Waals surface area contributed by atoms with Crippen LogP contribution in [0.5, 0.6) is 11.5 Å². The van der Waals surface area contributed by atoms with Gasteiger partial charge in [-0.1, -0.05) is 0 Å². The molecule has 9 heteroatoms. The Kier molecular flexibility index (Phi) is 3.83. The number of alkyl halides is 2. The average molecular weight is 302 g/mol. The zero-order chi connectivity index (χ0) is 15.6. The molecule has 1 aliphatic heterocycles. The van der Waals surface area contributed by atoms with E-state index < -0.39 is 24.2 Å². The fourth-order valence-corrected chi connectivity index (χ4v) is 1.72. The van der Waals surface area contributed by atoms with E-state index in [1.54, 1.807) is 0 Å². The van der Waals surface area contributed by atoms with Gasteiger partial charge in [0.1, 0.15) is 6.04 Å². The maximum Gasteiger partial charge on any atom is 0.586 e. The lowest BCUT2D eigenvalue weighted by atomic mass is 10.2. The molecule has 1 atom stereocenters. The molecule has 1 aromatic carbocycles. The van der Waals surface area contributed by atoms with Gasteiger partial charge in [-0.15, -0.1) is 8.78 Å². The highest BCUT2D eigenvalue weighted by molar-refractivity contribution is 5.82. The van der Waals surface area contributed by atoms with E-state index >= 15 is 0 Å². The summed E-state index contributed by atoms with van der Waals surface area (Å²) >= 11 is 0. The second-order valence-corrected chi connectivity index (χ2v) is 4.30. The zero-order valence-corrected chi connectivity index (χ0v) is 10.9. The first-order valence-corrected chi connectivity index (χ1v) is 5.90. The molecular formula is C12H12F2N2O5. The molecule has 0 saturated carbocycles. The molecule has 1 aromatic rings. The maximum absolute atomic E-state index is 12.8. The standard InChI is InChI=1S/C12H12F2N2O5/c1-6(17)16-8(11(18)19)5-15-7-2-3-9-10(4-7)21-12(13,14)20-9/h2-4,8,15H,5H2,1H3,(H,16,17)(H,18,19). The van der Waals surface area contributed by atoms with E-state index in [9.17, 15) is 18.4 Å². The van der Waals surface area contributed by atoms with Crippen molar-refractivity contribution in [1.82, 2.24) is 5.32 Å². The highest BCUT2D eigenvalue weighted by Crippen LogP contribution is 2.42. The summed E-state index contributed by atoms with van der Waals surface area (Å²) in [4.78, 5) is 21.8. The lowest BCUT2D eigenvalue weighted by Crippen LogP contribution is -2.44. The Bertz CT molecular complexity index is 579. The number of carbonyl (C=O) groups is 2. The summed E-state index contributed by atoms with van der Waals surface area (Å²) in [6.07, 6.45) is -3.71. The van der Waals surface area contributed by atoms with Crippen molar-refractivity contribution < 1.29 is 33.0 Å². The van der Waals surface area contributed by atoms with Crippen molar-refractivity contribution in [2.75, 3.05) is 11.9 Å². The van der Waals surface area contributed by atoms with Crippen molar-refractivity contribution in [1.29, 1.82) is 0 Å². The number of aliphatic carboxylic acids is 1. The summed E-state index contributed by atoms with van der Waals surface area (Å²) in [6.45, 7) is 1.07. The molecule has 1 unspecified atom stereocenters. The smallest absolute Gasteiger partial charge is 0.480 e. The third kappa shape index (κ3) is 3.71. The van der Waals surface area contributed by atoms with E-state index in [1.165, 1.54) is 25.1 Å². The SMILES string of the molecule is CC(=O)NC(CNc1ccc2c(c1)OC(F)(F)O2)C(=O)O. The first-order valence-electron chi connectivity index (χ1n) is 5.90. The fraction of sp³-hybridized carbons (Fsp3) is 0.333. The Balaban J connectivity index is 2.01. The number of carbonyl (C=O) groups excluding carboxylic acids is 1. The minimum absolute atomic E-state index is 0.109. The Hall–Kier alpha value is -2.58. The van der Waals surface area contributed by atoms with Crippen LogP contribution in [-0.2, 0) is 9.59 Å². The molecule has 0 aliphatic carbocycles. The number of benzene rings is 1. The van der Waals surface area contributed by atoms with E-state index in [1.807, 2.05) is 0 Å². The average Bonchev–Trinajstić information content (AvgIpc) is 2.66. The summed E-state index contributed by atoms with van der Waals surface area (Å²) in [5, 5.41) is 13.9. The number of halogens is 2. The van der Waals surface area contributed by atoms with Gasteiger partial charge >= 0.3 is 12.3 Å². The van der Waals surface area contributed by atoms with Crippen molar-refractivity contribution in [3.63, 3.8) is 0 Å². The molecule has 0 radical (unpaired) electrons. The van der Waals surface area contributed by atoms with Crippen LogP contribution in [0.4, 0.5) is 14.5 Å². The van der Waals surface area contributed by atoms with Gasteiger partial charge in [0, 0.05) is 25.2 Å². The number of fused-ring (bicyclic) bond motifs is 1. The molecule has 1 aliphatic rings. The molecule has 3 N–H and O–H groups in total. The third-order valence-electron chi connectivity index (χ3n) is 2.59. The van der Waals surface area contributed by atoms with Crippen LogP contribution in [0.15, 0.2) is 18.2 Å². The number of rotatable bonds is 5. The van der Waals surface area contributed by atoms with E-state index in [2.05, 4.69) is 20.1 Å². The summed E-state index contributed by atoms with van der Waals surface area (Å²) in [6, 6.07) is 2.81. The summed E-state index contributed by atoms with van der Waals surface area (Å²) < 4.78 is 34.2. The first kappa shape index (κ1) is 14.8. The number of carboxylic acids is 1. The van der Waals surface area contributed by atoms with E-state index in [0.29, 0.717) is 5.69 Å². The van der Waals surface area contributed by atoms with Crippen molar-refractivity contribution in [2.45, 2.75) is 19.3 Å². The molecule has 114 valence electrons. The number of hydrogen-bond donors (Lipinski definition) is 3. The molecule has 0 bridgehead atoms. The van der Waals surface area contributed by atoms with Crippen LogP contribution in [0.2, 0.25) is 0 Å². The van der Waals surface area contributed by atoms with Crippen LogP contribution >= 0.6 is 0 Å². The van der Waals surface area contributed by atoms with Gasteiger partial charge in [-0.25, -0.2) is 4.79 Å². The van der Waals surface area contributed by atoms with Gasteiger partial charge in [-0.2, -0.15) is 0 Å². The van der Waals surface area contributed by atoms with Crippen LogP contribution in [0.1, 0.15) is 6.92 Å². The van der Waals surface area contributed by atoms with Crippen LogP contribution in [0.25, 0.3) is 0 Å². The minimum Gasteiger partial charge on any atom is -0.480 e. The highest BCUT2D eigenvalue weighted by Gasteiger charge is 2.43.